The number of aryl methyl sites for hydroxylation is 1. The van der Waals surface area contributed by atoms with Crippen molar-refractivity contribution in [1.82, 2.24) is 15.1 Å². The molecule has 6 nitrogen and oxygen atoms in total. The molecule has 1 N–H and O–H groups in total. The minimum atomic E-state index is -0.534. The van der Waals surface area contributed by atoms with Crippen LogP contribution in [0.4, 0.5) is 4.79 Å². The van der Waals surface area contributed by atoms with Crippen molar-refractivity contribution in [3.05, 3.63) is 83.4 Å². The molecule has 0 radical (unpaired) electrons. The predicted molar refractivity (Wildman–Crippen MR) is 128 cm³/mol. The second kappa shape index (κ2) is 8.31. The lowest BCUT2D eigenvalue weighted by Crippen LogP contribution is -2.63. The van der Waals surface area contributed by atoms with Crippen molar-refractivity contribution in [2.24, 2.45) is 4.99 Å². The summed E-state index contributed by atoms with van der Waals surface area (Å²) in [5.41, 5.74) is 3.49. The van der Waals surface area contributed by atoms with Crippen molar-refractivity contribution in [2.45, 2.75) is 31.4 Å². The Morgan fingerprint density at radius 2 is 1.81 bits per heavy atom. The van der Waals surface area contributed by atoms with E-state index < -0.39 is 18.2 Å². The zero-order chi connectivity index (χ0) is 22.2. The predicted octanol–water partition coefficient (Wildman–Crippen LogP) is 4.13. The van der Waals surface area contributed by atoms with Gasteiger partial charge in [-0.2, -0.15) is 0 Å². The third kappa shape index (κ3) is 3.73. The molecule has 0 saturated carbocycles. The van der Waals surface area contributed by atoms with Gasteiger partial charge in [0.15, 0.2) is 17.4 Å². The van der Waals surface area contributed by atoms with E-state index in [1.807, 2.05) is 23.1 Å². The lowest BCUT2D eigenvalue weighted by molar-refractivity contribution is -0.127. The zero-order valence-corrected chi connectivity index (χ0v) is 18.8. The number of carbonyl (C=O) groups is 2. The summed E-state index contributed by atoms with van der Waals surface area (Å²) in [6.07, 6.45) is -0.518. The molecule has 1 saturated heterocycles. The zero-order valence-electron chi connectivity index (χ0n) is 18.0. The van der Waals surface area contributed by atoms with Crippen LogP contribution in [0.3, 0.4) is 0 Å². The molecule has 0 aromatic heterocycles. The van der Waals surface area contributed by atoms with Gasteiger partial charge in [-0.25, -0.2) is 9.79 Å². The van der Waals surface area contributed by atoms with Crippen LogP contribution < -0.4 is 5.32 Å². The first kappa shape index (κ1) is 20.6. The second-order valence-corrected chi connectivity index (χ2v) is 9.16. The van der Waals surface area contributed by atoms with E-state index in [4.69, 9.17) is 4.99 Å². The molecule has 0 bridgehead atoms. The fourth-order valence-corrected chi connectivity index (χ4v) is 5.42. The highest BCUT2D eigenvalue weighted by atomic mass is 32.2. The maximum absolute atomic E-state index is 12.8. The third-order valence-corrected chi connectivity index (χ3v) is 7.05. The molecule has 2 aliphatic heterocycles. The minimum absolute atomic E-state index is 0.296. The van der Waals surface area contributed by atoms with Crippen molar-refractivity contribution < 1.29 is 9.59 Å². The summed E-state index contributed by atoms with van der Waals surface area (Å²) in [4.78, 5) is 33.4. The summed E-state index contributed by atoms with van der Waals surface area (Å²) >= 11 is 1.61. The van der Waals surface area contributed by atoms with Crippen molar-refractivity contribution in [1.29, 1.82) is 0 Å². The fourth-order valence-electron chi connectivity index (χ4n) is 4.35. The number of nitrogens with one attached hydrogen (secondary N) is 1. The largest absolute Gasteiger partial charge is 0.331 e. The summed E-state index contributed by atoms with van der Waals surface area (Å²) < 4.78 is 0. The molecule has 2 unspecified atom stereocenters. The van der Waals surface area contributed by atoms with Gasteiger partial charge in [-0.3, -0.25) is 10.1 Å². The van der Waals surface area contributed by atoms with E-state index in [9.17, 15) is 9.59 Å². The van der Waals surface area contributed by atoms with Gasteiger partial charge in [0.05, 0.1) is 0 Å². The number of nitrogens with zero attached hydrogens (tertiary/aromatic N) is 3. The van der Waals surface area contributed by atoms with E-state index in [0.717, 1.165) is 16.5 Å². The molecule has 2 aliphatic rings. The van der Waals surface area contributed by atoms with Crippen molar-refractivity contribution in [3.8, 4) is 0 Å². The smallest absolute Gasteiger partial charge is 0.325 e. The number of hydrogen-bond acceptors (Lipinski definition) is 5. The average molecular weight is 445 g/mol. The van der Waals surface area contributed by atoms with E-state index >= 15 is 0 Å². The van der Waals surface area contributed by atoms with Gasteiger partial charge >= 0.3 is 6.03 Å². The van der Waals surface area contributed by atoms with E-state index in [2.05, 4.69) is 60.8 Å². The highest BCUT2D eigenvalue weighted by Crippen LogP contribution is 2.32. The van der Waals surface area contributed by atoms with Gasteiger partial charge < -0.3 is 9.80 Å². The molecular weight excluding hydrogens is 420 g/mol. The van der Waals surface area contributed by atoms with Crippen LogP contribution in [-0.4, -0.2) is 46.2 Å². The Morgan fingerprint density at radius 3 is 2.66 bits per heavy atom. The number of benzene rings is 3. The number of amides is 3. The molecule has 32 heavy (non-hydrogen) atoms. The Morgan fingerprint density at radius 1 is 1.03 bits per heavy atom. The molecule has 0 spiro atoms. The number of thioether (sulfide) groups is 1. The molecule has 1 fully saturated rings. The van der Waals surface area contributed by atoms with Crippen LogP contribution in [0.5, 0.6) is 0 Å². The lowest BCUT2D eigenvalue weighted by Gasteiger charge is -2.36. The third-order valence-electron chi connectivity index (χ3n) is 5.99. The minimum Gasteiger partial charge on any atom is -0.331 e. The van der Waals surface area contributed by atoms with Crippen LogP contribution in [0.25, 0.3) is 10.8 Å². The number of urea groups is 1. The summed E-state index contributed by atoms with van der Waals surface area (Å²) in [7, 11) is 1.69. The van der Waals surface area contributed by atoms with Gasteiger partial charge in [0.25, 0.3) is 5.91 Å². The highest BCUT2D eigenvalue weighted by molar-refractivity contribution is 8.13. The van der Waals surface area contributed by atoms with Crippen LogP contribution in [0.2, 0.25) is 0 Å². The maximum Gasteiger partial charge on any atom is 0.325 e. The van der Waals surface area contributed by atoms with Gasteiger partial charge in [-0.05, 0) is 28.8 Å². The summed E-state index contributed by atoms with van der Waals surface area (Å²) in [5.74, 6) is 0.429. The SMILES string of the molecule is Cc1cccc(CN2C(SCc3cccc4ccccc34)=NC3C2C(=O)NC(=O)N3C)c1. The molecule has 162 valence electrons. The Bertz CT molecular complexity index is 1240. The number of likely N-dealkylation sites (N-methyl/N-ethyl adjacent to an activating group) is 1. The van der Waals surface area contributed by atoms with Crippen molar-refractivity contribution >= 4 is 39.6 Å². The molecule has 2 heterocycles. The number of hydrogen-bond donors (Lipinski definition) is 1. The molecular formula is C25H24N4O2S. The van der Waals surface area contributed by atoms with Gasteiger partial charge in [0.1, 0.15) is 0 Å². The summed E-state index contributed by atoms with van der Waals surface area (Å²) in [6.45, 7) is 2.61. The first-order valence-corrected chi connectivity index (χ1v) is 11.6. The Labute approximate surface area is 191 Å². The summed E-state index contributed by atoms with van der Waals surface area (Å²) in [6, 6.07) is 22.0. The number of imide groups is 1. The van der Waals surface area contributed by atoms with Crippen LogP contribution in [0.1, 0.15) is 16.7 Å². The molecule has 2 atom stereocenters. The van der Waals surface area contributed by atoms with Crippen molar-refractivity contribution in [2.75, 3.05) is 7.05 Å². The Kier molecular flexibility index (Phi) is 5.35. The Balaban J connectivity index is 1.46. The number of carbonyl (C=O) groups excluding carboxylic acids is 2. The number of fused-ring (bicyclic) bond motifs is 2. The molecule has 5 rings (SSSR count). The van der Waals surface area contributed by atoms with Crippen LogP contribution >= 0.6 is 11.8 Å². The standard InChI is InChI=1S/C25H24N4O2S/c1-16-7-5-8-17(13-16)14-29-21-22(28(2)24(31)27-23(21)30)26-25(29)32-15-19-11-6-10-18-9-3-4-12-20(18)19/h3-13,21-22H,14-15H2,1-2H3,(H,27,30,31). The fraction of sp³-hybridized carbons (Fsp3) is 0.240. The highest BCUT2D eigenvalue weighted by Gasteiger charge is 2.48. The van der Waals surface area contributed by atoms with E-state index in [1.54, 1.807) is 18.8 Å². The van der Waals surface area contributed by atoms with Gasteiger partial charge in [0.2, 0.25) is 0 Å². The van der Waals surface area contributed by atoms with Crippen LogP contribution in [0, 0.1) is 6.92 Å². The molecule has 0 aliphatic carbocycles. The monoisotopic (exact) mass is 444 g/mol. The molecule has 7 heteroatoms. The van der Waals surface area contributed by atoms with E-state index in [-0.39, 0.29) is 5.91 Å². The van der Waals surface area contributed by atoms with Crippen LogP contribution in [-0.2, 0) is 17.1 Å². The van der Waals surface area contributed by atoms with E-state index in [0.29, 0.717) is 6.54 Å². The number of aliphatic imine (C=N–C) groups is 1. The van der Waals surface area contributed by atoms with Crippen LogP contribution in [0.15, 0.2) is 71.7 Å². The average Bonchev–Trinajstić information content (AvgIpc) is 3.15. The number of rotatable bonds is 4. The molecule has 3 aromatic carbocycles. The van der Waals surface area contributed by atoms with Crippen molar-refractivity contribution in [3.63, 3.8) is 0 Å². The molecule has 3 amide bonds. The lowest BCUT2D eigenvalue weighted by atomic mass is 10.1. The Hall–Kier alpha value is -3.32. The first-order valence-electron chi connectivity index (χ1n) is 10.6. The maximum atomic E-state index is 12.8. The van der Waals surface area contributed by atoms with Gasteiger partial charge in [-0.1, -0.05) is 84.1 Å². The molecule has 3 aromatic rings. The second-order valence-electron chi connectivity index (χ2n) is 8.22. The van der Waals surface area contributed by atoms with E-state index in [1.165, 1.54) is 26.8 Å². The normalized spacial score (nSPS) is 20.4. The quantitative estimate of drug-likeness (QED) is 0.657. The topological polar surface area (TPSA) is 65.0 Å². The summed E-state index contributed by atoms with van der Waals surface area (Å²) in [5, 5.41) is 5.67. The first-order chi connectivity index (χ1) is 15.5. The van der Waals surface area contributed by atoms with Gasteiger partial charge in [-0.15, -0.1) is 0 Å². The number of amidine groups is 1. The van der Waals surface area contributed by atoms with Gasteiger partial charge in [0, 0.05) is 19.3 Å².